The van der Waals surface area contributed by atoms with E-state index in [2.05, 4.69) is 5.32 Å². The number of anilines is 1. The zero-order chi connectivity index (χ0) is 18.6. The van der Waals surface area contributed by atoms with Gasteiger partial charge in [-0.05, 0) is 26.0 Å². The molecule has 0 aromatic heterocycles. The Morgan fingerprint density at radius 3 is 2.40 bits per heavy atom. The molecule has 2 rings (SSSR count). The number of nitro benzene ring substituents is 1. The van der Waals surface area contributed by atoms with Crippen LogP contribution in [0, 0.1) is 10.1 Å². The number of nitrogens with zero attached hydrogens (tertiary/aromatic N) is 3. The second kappa shape index (κ2) is 7.96. The number of rotatable bonds is 5. The van der Waals surface area contributed by atoms with Gasteiger partial charge in [0.25, 0.3) is 11.6 Å². The number of carbonyl (C=O) groups is 2. The highest BCUT2D eigenvalue weighted by Gasteiger charge is 2.26. The molecule has 1 N–H and O–H groups in total. The summed E-state index contributed by atoms with van der Waals surface area (Å²) in [6.07, 6.45) is 0.458. The van der Waals surface area contributed by atoms with E-state index >= 15 is 0 Å². The van der Waals surface area contributed by atoms with Gasteiger partial charge in [-0.2, -0.15) is 0 Å². The molecule has 1 fully saturated rings. The van der Waals surface area contributed by atoms with E-state index in [1.54, 1.807) is 17.0 Å². The smallest absolute Gasteiger partial charge is 0.293 e. The largest absolute Gasteiger partial charge is 0.362 e. The van der Waals surface area contributed by atoms with E-state index in [9.17, 15) is 19.7 Å². The van der Waals surface area contributed by atoms with Gasteiger partial charge in [-0.25, -0.2) is 0 Å². The van der Waals surface area contributed by atoms with Crippen LogP contribution in [0.15, 0.2) is 18.2 Å². The number of hydrogen-bond donors (Lipinski definition) is 1. The van der Waals surface area contributed by atoms with Gasteiger partial charge in [0.2, 0.25) is 5.91 Å². The number of benzene rings is 1. The summed E-state index contributed by atoms with van der Waals surface area (Å²) in [5, 5.41) is 14.2. The van der Waals surface area contributed by atoms with Crippen molar-refractivity contribution in [2.75, 3.05) is 31.1 Å². The lowest BCUT2D eigenvalue weighted by molar-refractivity contribution is -0.384. The Hall–Kier alpha value is -2.64. The molecule has 2 amide bonds. The van der Waals surface area contributed by atoms with E-state index in [1.165, 1.54) is 6.07 Å². The quantitative estimate of drug-likeness (QED) is 0.646. The van der Waals surface area contributed by atoms with Crippen LogP contribution in [-0.2, 0) is 4.79 Å². The first-order valence-electron chi connectivity index (χ1n) is 8.45. The van der Waals surface area contributed by atoms with Crippen LogP contribution >= 0.6 is 0 Å². The predicted octanol–water partition coefficient (Wildman–Crippen LogP) is 1.79. The molecule has 8 heteroatoms. The summed E-state index contributed by atoms with van der Waals surface area (Å²) in [5.41, 5.74) is 0.658. The summed E-state index contributed by atoms with van der Waals surface area (Å²) >= 11 is 0. The van der Waals surface area contributed by atoms with E-state index in [0.29, 0.717) is 38.3 Å². The van der Waals surface area contributed by atoms with E-state index in [-0.39, 0.29) is 29.1 Å². The Kier molecular flexibility index (Phi) is 5.95. The van der Waals surface area contributed by atoms with E-state index in [4.69, 9.17) is 0 Å². The maximum absolute atomic E-state index is 12.1. The van der Waals surface area contributed by atoms with Gasteiger partial charge in [-0.1, -0.05) is 6.92 Å². The van der Waals surface area contributed by atoms with Gasteiger partial charge in [0, 0.05) is 50.3 Å². The molecule has 1 saturated heterocycles. The van der Waals surface area contributed by atoms with Crippen LogP contribution in [0.2, 0.25) is 0 Å². The maximum atomic E-state index is 12.1. The molecule has 1 aromatic rings. The van der Waals surface area contributed by atoms with Crippen LogP contribution in [0.5, 0.6) is 0 Å². The highest BCUT2D eigenvalue weighted by Crippen LogP contribution is 2.30. The average Bonchev–Trinajstić information content (AvgIpc) is 2.60. The van der Waals surface area contributed by atoms with Crippen molar-refractivity contribution in [1.29, 1.82) is 0 Å². The molecular formula is C17H24N4O4. The Bertz CT molecular complexity index is 667. The number of hydrogen-bond acceptors (Lipinski definition) is 5. The maximum Gasteiger partial charge on any atom is 0.293 e. The Labute approximate surface area is 146 Å². The zero-order valence-corrected chi connectivity index (χ0v) is 14.8. The minimum Gasteiger partial charge on any atom is -0.362 e. The van der Waals surface area contributed by atoms with Crippen molar-refractivity contribution in [3.8, 4) is 0 Å². The van der Waals surface area contributed by atoms with Crippen LogP contribution in [0.25, 0.3) is 0 Å². The van der Waals surface area contributed by atoms with Crippen LogP contribution in [0.3, 0.4) is 0 Å². The van der Waals surface area contributed by atoms with Crippen molar-refractivity contribution in [1.82, 2.24) is 10.2 Å². The molecule has 0 bridgehead atoms. The third-order valence-corrected chi connectivity index (χ3v) is 4.13. The molecule has 25 heavy (non-hydrogen) atoms. The third-order valence-electron chi connectivity index (χ3n) is 4.13. The Balaban J connectivity index is 2.20. The lowest BCUT2D eigenvalue weighted by atomic mass is 10.1. The number of amides is 2. The van der Waals surface area contributed by atoms with Crippen molar-refractivity contribution >= 4 is 23.2 Å². The number of nitrogens with one attached hydrogen (secondary N) is 1. The summed E-state index contributed by atoms with van der Waals surface area (Å²) in [4.78, 5) is 38.5. The molecular weight excluding hydrogens is 324 g/mol. The predicted molar refractivity (Wildman–Crippen MR) is 94.8 cm³/mol. The van der Waals surface area contributed by atoms with Crippen molar-refractivity contribution < 1.29 is 14.5 Å². The lowest BCUT2D eigenvalue weighted by Crippen LogP contribution is -2.48. The van der Waals surface area contributed by atoms with Crippen LogP contribution in [-0.4, -0.2) is 53.9 Å². The molecule has 8 nitrogen and oxygen atoms in total. The molecule has 1 aliphatic heterocycles. The molecule has 0 unspecified atom stereocenters. The van der Waals surface area contributed by atoms with Crippen LogP contribution in [0.4, 0.5) is 11.4 Å². The Morgan fingerprint density at radius 2 is 1.88 bits per heavy atom. The normalized spacial score (nSPS) is 14.6. The van der Waals surface area contributed by atoms with Gasteiger partial charge in [-0.3, -0.25) is 19.7 Å². The molecule has 1 aromatic carbocycles. The zero-order valence-electron chi connectivity index (χ0n) is 14.8. The van der Waals surface area contributed by atoms with Crippen LogP contribution < -0.4 is 10.2 Å². The van der Waals surface area contributed by atoms with Gasteiger partial charge < -0.3 is 15.1 Å². The summed E-state index contributed by atoms with van der Waals surface area (Å²) in [6, 6.07) is 4.49. The van der Waals surface area contributed by atoms with Gasteiger partial charge >= 0.3 is 0 Å². The molecule has 0 atom stereocenters. The fourth-order valence-corrected chi connectivity index (χ4v) is 2.84. The topological polar surface area (TPSA) is 95.8 Å². The molecule has 0 spiro atoms. The van der Waals surface area contributed by atoms with Gasteiger partial charge in [0.15, 0.2) is 0 Å². The fraction of sp³-hybridized carbons (Fsp3) is 0.529. The first-order valence-corrected chi connectivity index (χ1v) is 8.45. The van der Waals surface area contributed by atoms with Crippen molar-refractivity contribution in [3.05, 3.63) is 33.9 Å². The molecule has 0 aliphatic carbocycles. The number of piperazine rings is 1. The Morgan fingerprint density at radius 1 is 1.24 bits per heavy atom. The van der Waals surface area contributed by atoms with Crippen molar-refractivity contribution in [2.45, 2.75) is 33.2 Å². The molecule has 0 saturated carbocycles. The van der Waals surface area contributed by atoms with Gasteiger partial charge in [0.1, 0.15) is 5.69 Å². The summed E-state index contributed by atoms with van der Waals surface area (Å²) in [6.45, 7) is 7.63. The second-order valence-electron chi connectivity index (χ2n) is 6.31. The van der Waals surface area contributed by atoms with Crippen molar-refractivity contribution in [2.24, 2.45) is 0 Å². The SMILES string of the molecule is CCC(=O)N1CCN(c2ccc(C(=O)NC(C)C)cc2[N+](=O)[O-])CC1. The summed E-state index contributed by atoms with van der Waals surface area (Å²) < 4.78 is 0. The minimum absolute atomic E-state index is 0.0459. The molecule has 1 aliphatic rings. The monoisotopic (exact) mass is 348 g/mol. The van der Waals surface area contributed by atoms with E-state index in [1.807, 2.05) is 25.7 Å². The summed E-state index contributed by atoms with van der Waals surface area (Å²) in [7, 11) is 0. The van der Waals surface area contributed by atoms with Gasteiger partial charge in [-0.15, -0.1) is 0 Å². The second-order valence-corrected chi connectivity index (χ2v) is 6.31. The standard InChI is InChI=1S/C17H24N4O4/c1-4-16(22)20-9-7-19(8-10-20)14-6-5-13(11-15(14)21(24)25)17(23)18-12(2)3/h5-6,11-12H,4,7-10H2,1-3H3,(H,18,23). The lowest BCUT2D eigenvalue weighted by Gasteiger charge is -2.35. The first-order chi connectivity index (χ1) is 11.8. The number of nitro groups is 1. The average molecular weight is 348 g/mol. The van der Waals surface area contributed by atoms with E-state index < -0.39 is 4.92 Å². The molecule has 1 heterocycles. The minimum atomic E-state index is -0.467. The van der Waals surface area contributed by atoms with Crippen LogP contribution in [0.1, 0.15) is 37.6 Å². The van der Waals surface area contributed by atoms with Gasteiger partial charge in [0.05, 0.1) is 4.92 Å². The highest BCUT2D eigenvalue weighted by molar-refractivity contribution is 5.96. The molecule has 0 radical (unpaired) electrons. The summed E-state index contributed by atoms with van der Waals surface area (Å²) in [5.74, 6) is -0.238. The number of carbonyl (C=O) groups excluding carboxylic acids is 2. The highest BCUT2D eigenvalue weighted by atomic mass is 16.6. The van der Waals surface area contributed by atoms with E-state index in [0.717, 1.165) is 0 Å². The first kappa shape index (κ1) is 18.7. The third kappa shape index (κ3) is 4.46. The van der Waals surface area contributed by atoms with Crippen molar-refractivity contribution in [3.63, 3.8) is 0 Å². The molecule has 136 valence electrons. The fourth-order valence-electron chi connectivity index (χ4n) is 2.84.